The van der Waals surface area contributed by atoms with E-state index in [1.807, 2.05) is 31.3 Å². The molecule has 4 rings (SSSR count). The van der Waals surface area contributed by atoms with E-state index in [0.29, 0.717) is 18.3 Å². The van der Waals surface area contributed by atoms with Crippen molar-refractivity contribution in [3.8, 4) is 0 Å². The number of hydrogen-bond acceptors (Lipinski definition) is 7. The van der Waals surface area contributed by atoms with Crippen LogP contribution in [0.4, 0.5) is 17.3 Å². The van der Waals surface area contributed by atoms with Crippen molar-refractivity contribution in [2.75, 3.05) is 35.6 Å². The molecule has 0 saturated carbocycles. The molecule has 31 heavy (non-hydrogen) atoms. The first-order valence-electron chi connectivity index (χ1n) is 10.6. The van der Waals surface area contributed by atoms with Gasteiger partial charge in [-0.2, -0.15) is 0 Å². The highest BCUT2D eigenvalue weighted by atomic mass is 16.1. The van der Waals surface area contributed by atoms with Gasteiger partial charge in [-0.15, -0.1) is 0 Å². The van der Waals surface area contributed by atoms with Crippen LogP contribution in [-0.2, 0) is 4.79 Å². The number of benzene rings is 1. The van der Waals surface area contributed by atoms with Gasteiger partial charge < -0.3 is 21.3 Å². The summed E-state index contributed by atoms with van der Waals surface area (Å²) in [6, 6.07) is 9.96. The highest BCUT2D eigenvalue weighted by Crippen LogP contribution is 2.29. The molecule has 0 spiro atoms. The van der Waals surface area contributed by atoms with Crippen molar-refractivity contribution in [3.63, 3.8) is 0 Å². The third-order valence-corrected chi connectivity index (χ3v) is 5.69. The largest absolute Gasteiger partial charge is 0.399 e. The van der Waals surface area contributed by atoms with Gasteiger partial charge in [0.1, 0.15) is 17.5 Å². The number of carbonyl (C=O) groups is 1. The first-order valence-corrected chi connectivity index (χ1v) is 10.6. The summed E-state index contributed by atoms with van der Waals surface area (Å²) in [5, 5.41) is 7.39. The van der Waals surface area contributed by atoms with Crippen molar-refractivity contribution in [1.82, 2.24) is 20.3 Å². The fourth-order valence-corrected chi connectivity index (χ4v) is 4.03. The van der Waals surface area contributed by atoms with Gasteiger partial charge in [0.2, 0.25) is 5.91 Å². The maximum Gasteiger partial charge on any atom is 0.216 e. The maximum absolute atomic E-state index is 11.2. The molecule has 2 atom stereocenters. The number of hydrogen-bond donors (Lipinski definition) is 3. The Bertz CT molecular complexity index is 1100. The lowest BCUT2D eigenvalue weighted by Crippen LogP contribution is -2.29. The predicted molar refractivity (Wildman–Crippen MR) is 124 cm³/mol. The number of anilines is 3. The van der Waals surface area contributed by atoms with E-state index in [4.69, 9.17) is 5.73 Å². The second-order valence-electron chi connectivity index (χ2n) is 8.25. The van der Waals surface area contributed by atoms with Crippen molar-refractivity contribution in [3.05, 3.63) is 47.9 Å². The molecule has 8 nitrogen and oxygen atoms in total. The van der Waals surface area contributed by atoms with Gasteiger partial charge in [-0.3, -0.25) is 4.79 Å². The molecule has 1 amide bonds. The van der Waals surface area contributed by atoms with Crippen LogP contribution in [0.1, 0.15) is 37.7 Å². The smallest absolute Gasteiger partial charge is 0.216 e. The topological polar surface area (TPSA) is 109 Å². The highest BCUT2D eigenvalue weighted by Gasteiger charge is 2.24. The van der Waals surface area contributed by atoms with Crippen molar-refractivity contribution < 1.29 is 4.79 Å². The monoisotopic (exact) mass is 419 g/mol. The van der Waals surface area contributed by atoms with Crippen molar-refractivity contribution in [2.24, 2.45) is 5.92 Å². The van der Waals surface area contributed by atoms with E-state index in [-0.39, 0.29) is 11.9 Å². The second-order valence-corrected chi connectivity index (χ2v) is 8.25. The van der Waals surface area contributed by atoms with E-state index in [1.54, 1.807) is 6.92 Å². The summed E-state index contributed by atoms with van der Waals surface area (Å²) in [5.41, 5.74) is 8.60. The van der Waals surface area contributed by atoms with Crippen LogP contribution in [-0.4, -0.2) is 40.5 Å². The molecule has 1 aromatic carbocycles. The van der Waals surface area contributed by atoms with Crippen LogP contribution in [0, 0.1) is 12.8 Å². The molecule has 3 heterocycles. The summed E-state index contributed by atoms with van der Waals surface area (Å²) in [7, 11) is 0. The molecule has 8 heteroatoms. The van der Waals surface area contributed by atoms with Gasteiger partial charge >= 0.3 is 0 Å². The Morgan fingerprint density at radius 3 is 2.94 bits per heavy atom. The fraction of sp³-hybridized carbons (Fsp3) is 0.391. The van der Waals surface area contributed by atoms with Crippen LogP contribution in [0.15, 0.2) is 36.5 Å². The van der Waals surface area contributed by atoms with Crippen LogP contribution in [0.3, 0.4) is 0 Å². The zero-order valence-corrected chi connectivity index (χ0v) is 18.2. The third-order valence-electron chi connectivity index (χ3n) is 5.69. The summed E-state index contributed by atoms with van der Waals surface area (Å²) >= 11 is 0. The van der Waals surface area contributed by atoms with Crippen LogP contribution in [0.25, 0.3) is 10.9 Å². The quantitative estimate of drug-likeness (QED) is 0.527. The molecule has 0 unspecified atom stereocenters. The number of amides is 1. The number of nitrogen functional groups attached to an aromatic ring is 1. The first kappa shape index (κ1) is 20.8. The minimum atomic E-state index is 0.0137. The minimum absolute atomic E-state index is 0.0137. The summed E-state index contributed by atoms with van der Waals surface area (Å²) in [4.78, 5) is 27.4. The first-order chi connectivity index (χ1) is 14.9. The van der Waals surface area contributed by atoms with Crippen LogP contribution in [0.5, 0.6) is 0 Å². The average Bonchev–Trinajstić information content (AvgIpc) is 3.21. The summed E-state index contributed by atoms with van der Waals surface area (Å²) in [6.07, 6.45) is 2.85. The Kier molecular flexibility index (Phi) is 5.88. The molecule has 2 aromatic heterocycles. The molecule has 4 N–H and O–H groups in total. The zero-order valence-electron chi connectivity index (χ0n) is 18.2. The summed E-state index contributed by atoms with van der Waals surface area (Å²) in [5.74, 6) is 2.83. The Labute approximate surface area is 182 Å². The molecule has 1 aliphatic rings. The molecule has 1 fully saturated rings. The molecule has 1 aliphatic heterocycles. The third kappa shape index (κ3) is 4.84. The number of pyridine rings is 1. The number of aromatic nitrogens is 3. The van der Waals surface area contributed by atoms with E-state index in [9.17, 15) is 4.79 Å². The van der Waals surface area contributed by atoms with E-state index in [2.05, 4.69) is 49.5 Å². The average molecular weight is 420 g/mol. The number of aryl methyl sites for hydroxylation is 1. The maximum atomic E-state index is 11.2. The van der Waals surface area contributed by atoms with Crippen LogP contribution in [0.2, 0.25) is 0 Å². The normalized spacial score (nSPS) is 17.0. The SMILES string of the molecule is CC(=O)NC[C@@H]1CCN(c2cc3c(N[C@H](C)c4cccc(N)c4)nc(C)nc3cn2)C1. The van der Waals surface area contributed by atoms with Crippen molar-refractivity contribution in [1.29, 1.82) is 0 Å². The molecular formula is C23H29N7O. The van der Waals surface area contributed by atoms with Gasteiger partial charge in [0.25, 0.3) is 0 Å². The number of fused-ring (bicyclic) bond motifs is 1. The number of nitrogens with one attached hydrogen (secondary N) is 2. The summed E-state index contributed by atoms with van der Waals surface area (Å²) in [6.45, 7) is 8.01. The van der Waals surface area contributed by atoms with Crippen LogP contribution >= 0.6 is 0 Å². The van der Waals surface area contributed by atoms with Crippen molar-refractivity contribution in [2.45, 2.75) is 33.2 Å². The summed E-state index contributed by atoms with van der Waals surface area (Å²) < 4.78 is 0. The molecule has 0 aliphatic carbocycles. The van der Waals surface area contributed by atoms with Gasteiger partial charge in [0, 0.05) is 37.6 Å². The van der Waals surface area contributed by atoms with Gasteiger partial charge in [-0.1, -0.05) is 12.1 Å². The lowest BCUT2D eigenvalue weighted by Gasteiger charge is -2.20. The van der Waals surface area contributed by atoms with E-state index in [1.165, 1.54) is 0 Å². The Hall–Kier alpha value is -3.42. The zero-order chi connectivity index (χ0) is 22.0. The van der Waals surface area contributed by atoms with Gasteiger partial charge in [-0.25, -0.2) is 15.0 Å². The number of carbonyl (C=O) groups excluding carboxylic acids is 1. The molecular weight excluding hydrogens is 390 g/mol. The van der Waals surface area contributed by atoms with Crippen LogP contribution < -0.4 is 21.3 Å². The lowest BCUT2D eigenvalue weighted by molar-refractivity contribution is -0.119. The standard InChI is InChI=1S/C23H29N7O/c1-14(18-5-4-6-19(24)9-18)27-23-20-10-22(26-12-21(20)28-15(2)29-23)30-8-7-17(13-30)11-25-16(3)31/h4-6,9-10,12,14,17H,7-8,11,13,24H2,1-3H3,(H,25,31)(H,27,28,29)/t14-,17+/m1/s1. The van der Waals surface area contributed by atoms with Crippen molar-refractivity contribution >= 4 is 34.1 Å². The second kappa shape index (κ2) is 8.75. The van der Waals surface area contributed by atoms with Gasteiger partial charge in [0.05, 0.1) is 17.8 Å². The Morgan fingerprint density at radius 1 is 1.32 bits per heavy atom. The minimum Gasteiger partial charge on any atom is -0.399 e. The van der Waals surface area contributed by atoms with Gasteiger partial charge in [0.15, 0.2) is 0 Å². The highest BCUT2D eigenvalue weighted by molar-refractivity contribution is 5.90. The molecule has 162 valence electrons. The van der Waals surface area contributed by atoms with E-state index < -0.39 is 0 Å². The number of nitrogens with two attached hydrogens (primary N) is 1. The Balaban J connectivity index is 1.59. The van der Waals surface area contributed by atoms with Gasteiger partial charge in [-0.05, 0) is 49.9 Å². The van der Waals surface area contributed by atoms with E-state index >= 15 is 0 Å². The van der Waals surface area contributed by atoms with E-state index in [0.717, 1.165) is 53.3 Å². The molecule has 0 radical (unpaired) electrons. The molecule has 1 saturated heterocycles. The molecule has 3 aromatic rings. The predicted octanol–water partition coefficient (Wildman–Crippen LogP) is 3.05. The number of nitrogens with zero attached hydrogens (tertiary/aromatic N) is 4. The Morgan fingerprint density at radius 2 is 2.16 bits per heavy atom. The number of rotatable bonds is 6. The lowest BCUT2D eigenvalue weighted by atomic mass is 10.1. The molecule has 0 bridgehead atoms. The fourth-order valence-electron chi connectivity index (χ4n) is 4.03.